The Morgan fingerprint density at radius 2 is 2.08 bits per heavy atom. The van der Waals surface area contributed by atoms with Crippen molar-refractivity contribution in [2.24, 2.45) is 0 Å². The molecule has 0 amide bonds. The minimum absolute atomic E-state index is 0.0401. The van der Waals surface area contributed by atoms with Crippen LogP contribution < -0.4 is 0 Å². The van der Waals surface area contributed by atoms with Gasteiger partial charge in [-0.2, -0.15) is 0 Å². The van der Waals surface area contributed by atoms with E-state index in [2.05, 4.69) is 0 Å². The second-order valence-corrected chi connectivity index (χ2v) is 2.09. The van der Waals surface area contributed by atoms with Crippen LogP contribution >= 0.6 is 0 Å². The second-order valence-electron chi connectivity index (χ2n) is 2.09. The summed E-state index contributed by atoms with van der Waals surface area (Å²) < 4.78 is 25.3. The molecule has 0 unspecified atom stereocenters. The number of hydrogen-bond acceptors (Lipinski definition) is 1. The monoisotopic (exact) mass is 167 g/mol. The SMILES string of the molecule is O=[C]/C=C/c1cccc(F)c1F. The van der Waals surface area contributed by atoms with Crippen LogP contribution in [0.4, 0.5) is 8.78 Å². The summed E-state index contributed by atoms with van der Waals surface area (Å²) in [6.45, 7) is 0. The summed E-state index contributed by atoms with van der Waals surface area (Å²) in [6.07, 6.45) is 3.59. The first kappa shape index (κ1) is 8.59. The molecule has 1 aromatic carbocycles. The quantitative estimate of drug-likeness (QED) is 0.616. The van der Waals surface area contributed by atoms with E-state index in [-0.39, 0.29) is 5.56 Å². The van der Waals surface area contributed by atoms with Crippen molar-refractivity contribution in [3.63, 3.8) is 0 Å². The lowest BCUT2D eigenvalue weighted by Crippen LogP contribution is -1.86. The maximum Gasteiger partial charge on any atom is 0.225 e. The molecule has 0 spiro atoms. The molecule has 0 bridgehead atoms. The molecule has 0 aliphatic rings. The molecule has 61 valence electrons. The molecule has 0 aliphatic heterocycles. The average Bonchev–Trinajstić information content (AvgIpc) is 2.08. The van der Waals surface area contributed by atoms with E-state index < -0.39 is 11.6 Å². The lowest BCUT2D eigenvalue weighted by Gasteiger charge is -1.95. The standard InChI is InChI=1S/C9H5F2O/c10-8-5-1-3-7(9(8)11)4-2-6-12/h1-5H/b4-2+. The molecule has 12 heavy (non-hydrogen) atoms. The largest absolute Gasteiger partial charge is 0.286 e. The van der Waals surface area contributed by atoms with Gasteiger partial charge in [-0.15, -0.1) is 0 Å². The first-order valence-corrected chi connectivity index (χ1v) is 3.24. The smallest absolute Gasteiger partial charge is 0.225 e. The van der Waals surface area contributed by atoms with Crippen molar-refractivity contribution in [3.8, 4) is 0 Å². The number of halogens is 2. The van der Waals surface area contributed by atoms with Crippen molar-refractivity contribution in [1.29, 1.82) is 0 Å². The normalized spacial score (nSPS) is 10.5. The van der Waals surface area contributed by atoms with E-state index >= 15 is 0 Å². The molecular weight excluding hydrogens is 162 g/mol. The van der Waals surface area contributed by atoms with Crippen LogP contribution in [0.15, 0.2) is 24.3 Å². The molecule has 1 nitrogen and oxygen atoms in total. The Bertz CT molecular complexity index is 318. The van der Waals surface area contributed by atoms with E-state index in [0.29, 0.717) is 0 Å². The summed E-state index contributed by atoms with van der Waals surface area (Å²) in [5.74, 6) is -1.88. The van der Waals surface area contributed by atoms with E-state index in [1.807, 2.05) is 0 Å². The summed E-state index contributed by atoms with van der Waals surface area (Å²) in [5, 5.41) is 0. The maximum absolute atomic E-state index is 12.8. The highest BCUT2D eigenvalue weighted by Gasteiger charge is 2.03. The maximum atomic E-state index is 12.8. The van der Waals surface area contributed by atoms with Crippen LogP contribution in [-0.4, -0.2) is 6.29 Å². The third-order valence-electron chi connectivity index (χ3n) is 1.31. The molecule has 1 radical (unpaired) electrons. The Balaban J connectivity index is 3.07. The summed E-state index contributed by atoms with van der Waals surface area (Å²) >= 11 is 0. The molecule has 0 aliphatic carbocycles. The van der Waals surface area contributed by atoms with Crippen molar-refractivity contribution < 1.29 is 13.6 Å². The highest BCUT2D eigenvalue weighted by Crippen LogP contribution is 2.12. The summed E-state index contributed by atoms with van der Waals surface area (Å²) in [5.41, 5.74) is 0.0401. The fourth-order valence-electron chi connectivity index (χ4n) is 0.773. The highest BCUT2D eigenvalue weighted by atomic mass is 19.2. The number of benzene rings is 1. The summed E-state index contributed by atoms with van der Waals surface area (Å²) in [4.78, 5) is 9.75. The first-order valence-electron chi connectivity index (χ1n) is 3.24. The molecule has 0 atom stereocenters. The molecule has 0 heterocycles. The zero-order valence-corrected chi connectivity index (χ0v) is 6.05. The van der Waals surface area contributed by atoms with Crippen LogP contribution in [0.1, 0.15) is 5.56 Å². The van der Waals surface area contributed by atoms with Gasteiger partial charge in [0.2, 0.25) is 6.29 Å². The van der Waals surface area contributed by atoms with Gasteiger partial charge in [-0.25, -0.2) is 8.78 Å². The van der Waals surface area contributed by atoms with E-state index in [0.717, 1.165) is 18.2 Å². The Morgan fingerprint density at radius 3 is 2.75 bits per heavy atom. The Morgan fingerprint density at radius 1 is 1.33 bits per heavy atom. The summed E-state index contributed by atoms with van der Waals surface area (Å²) in [7, 11) is 0. The first-order chi connectivity index (χ1) is 5.75. The molecule has 0 saturated carbocycles. The fraction of sp³-hybridized carbons (Fsp3) is 0. The van der Waals surface area contributed by atoms with Gasteiger partial charge >= 0.3 is 0 Å². The van der Waals surface area contributed by atoms with Crippen molar-refractivity contribution in [3.05, 3.63) is 41.5 Å². The van der Waals surface area contributed by atoms with Gasteiger partial charge in [0.1, 0.15) is 0 Å². The average molecular weight is 167 g/mol. The van der Waals surface area contributed by atoms with Gasteiger partial charge in [-0.3, -0.25) is 4.79 Å². The van der Waals surface area contributed by atoms with Gasteiger partial charge in [0.05, 0.1) is 0 Å². The topological polar surface area (TPSA) is 17.1 Å². The highest BCUT2D eigenvalue weighted by molar-refractivity contribution is 5.74. The molecule has 3 heteroatoms. The van der Waals surface area contributed by atoms with Crippen molar-refractivity contribution in [1.82, 2.24) is 0 Å². The van der Waals surface area contributed by atoms with Crippen LogP contribution in [0.25, 0.3) is 6.08 Å². The van der Waals surface area contributed by atoms with Crippen LogP contribution in [0.2, 0.25) is 0 Å². The van der Waals surface area contributed by atoms with Gasteiger partial charge in [-0.1, -0.05) is 12.1 Å². The molecule has 1 rings (SSSR count). The predicted molar refractivity (Wildman–Crippen MR) is 41.1 cm³/mol. The van der Waals surface area contributed by atoms with E-state index in [9.17, 15) is 13.6 Å². The van der Waals surface area contributed by atoms with Crippen molar-refractivity contribution in [2.45, 2.75) is 0 Å². The van der Waals surface area contributed by atoms with Crippen LogP contribution in [0, 0.1) is 11.6 Å². The van der Waals surface area contributed by atoms with E-state index in [1.165, 1.54) is 18.4 Å². The molecule has 0 N–H and O–H groups in total. The van der Waals surface area contributed by atoms with Crippen LogP contribution in [0.5, 0.6) is 0 Å². The van der Waals surface area contributed by atoms with Crippen LogP contribution in [0.3, 0.4) is 0 Å². The van der Waals surface area contributed by atoms with Crippen molar-refractivity contribution >= 4 is 12.4 Å². The zero-order valence-electron chi connectivity index (χ0n) is 6.05. The lowest BCUT2D eigenvalue weighted by molar-refractivity contribution is 0.507. The molecule has 0 aromatic heterocycles. The Labute approximate surface area is 68.3 Å². The van der Waals surface area contributed by atoms with Gasteiger partial charge in [0, 0.05) is 5.56 Å². The predicted octanol–water partition coefficient (Wildman–Crippen LogP) is 2.09. The zero-order chi connectivity index (χ0) is 8.97. The van der Waals surface area contributed by atoms with Gasteiger partial charge in [0.15, 0.2) is 11.6 Å². The van der Waals surface area contributed by atoms with E-state index in [1.54, 1.807) is 0 Å². The Hall–Kier alpha value is -1.51. The van der Waals surface area contributed by atoms with E-state index in [4.69, 9.17) is 0 Å². The van der Waals surface area contributed by atoms with Crippen molar-refractivity contribution in [2.75, 3.05) is 0 Å². The molecule has 1 aromatic rings. The molecular formula is C9H5F2O. The third kappa shape index (κ3) is 1.75. The minimum Gasteiger partial charge on any atom is -0.286 e. The molecule has 0 fully saturated rings. The Kier molecular flexibility index (Phi) is 2.69. The van der Waals surface area contributed by atoms with Crippen LogP contribution in [-0.2, 0) is 4.79 Å². The molecule has 0 saturated heterocycles. The third-order valence-corrected chi connectivity index (χ3v) is 1.31. The number of rotatable bonds is 2. The fourth-order valence-corrected chi connectivity index (χ4v) is 0.773. The lowest BCUT2D eigenvalue weighted by atomic mass is 10.2. The summed E-state index contributed by atoms with van der Waals surface area (Å²) in [6, 6.07) is 3.74. The number of hydrogen-bond donors (Lipinski definition) is 0. The van der Waals surface area contributed by atoms with Gasteiger partial charge < -0.3 is 0 Å². The number of carbonyl (C=O) groups excluding carboxylic acids is 1. The number of allylic oxidation sites excluding steroid dienone is 1. The second kappa shape index (κ2) is 3.76. The van der Waals surface area contributed by atoms with Gasteiger partial charge in [0.25, 0.3) is 0 Å². The minimum atomic E-state index is -0.955. The van der Waals surface area contributed by atoms with Gasteiger partial charge in [-0.05, 0) is 18.2 Å².